The standard InChI is InChI=1S/C23H31NO4/c1-12-5-6-17-21(2,3)18(26)7-8-22(17,4)23(12)10-14-16(25)9-13-15(19(14)28-23)11-24-20(13)27/h9,12,17-18,25-26H,5-8,10-11H2,1-4H3,(H,24,27)/t12?,17-,18?,22-,23+/m0/s1. The maximum absolute atomic E-state index is 12.2. The molecule has 4 aliphatic rings. The smallest absolute Gasteiger partial charge is 0.252 e. The van der Waals surface area contributed by atoms with Crippen LogP contribution in [0.15, 0.2) is 6.07 Å². The first-order chi connectivity index (χ1) is 13.1. The maximum Gasteiger partial charge on any atom is 0.252 e. The summed E-state index contributed by atoms with van der Waals surface area (Å²) >= 11 is 0. The van der Waals surface area contributed by atoms with E-state index in [1.807, 2.05) is 0 Å². The van der Waals surface area contributed by atoms with Gasteiger partial charge in [0.25, 0.3) is 5.91 Å². The zero-order chi connectivity index (χ0) is 20.1. The van der Waals surface area contributed by atoms with E-state index in [1.54, 1.807) is 6.07 Å². The summed E-state index contributed by atoms with van der Waals surface area (Å²) in [6.07, 6.45) is 4.21. The molecule has 5 atom stereocenters. The van der Waals surface area contributed by atoms with Gasteiger partial charge in [-0.2, -0.15) is 0 Å². The molecule has 2 saturated carbocycles. The van der Waals surface area contributed by atoms with E-state index in [1.165, 1.54) is 0 Å². The fourth-order valence-electron chi connectivity index (χ4n) is 7.19. The van der Waals surface area contributed by atoms with Crippen molar-refractivity contribution in [1.82, 2.24) is 5.32 Å². The van der Waals surface area contributed by atoms with Crippen LogP contribution in [0.5, 0.6) is 11.5 Å². The first kappa shape index (κ1) is 18.3. The second-order valence-electron chi connectivity index (χ2n) is 10.4. The number of phenolic OH excluding ortho intramolecular Hbond substituents is 1. The number of aliphatic hydroxyl groups excluding tert-OH is 1. The summed E-state index contributed by atoms with van der Waals surface area (Å²) in [6.45, 7) is 9.47. The van der Waals surface area contributed by atoms with Crippen molar-refractivity contribution >= 4 is 5.91 Å². The molecule has 1 aromatic rings. The lowest BCUT2D eigenvalue weighted by Gasteiger charge is -2.64. The molecule has 1 amide bonds. The SMILES string of the molecule is CC1CC[C@H]2C(C)(C)C(O)CC[C@]2(C)[C@@]12Cc1c(O)cc3c(c1O2)CNC3=O. The van der Waals surface area contributed by atoms with Crippen molar-refractivity contribution in [3.05, 3.63) is 22.8 Å². The first-order valence-electron chi connectivity index (χ1n) is 10.6. The average Bonchev–Trinajstić information content (AvgIpc) is 3.20. The Hall–Kier alpha value is -1.75. The van der Waals surface area contributed by atoms with Gasteiger partial charge >= 0.3 is 0 Å². The van der Waals surface area contributed by atoms with Crippen LogP contribution in [0.4, 0.5) is 0 Å². The Bertz CT molecular complexity index is 878. The number of amides is 1. The van der Waals surface area contributed by atoms with Gasteiger partial charge in [-0.1, -0.05) is 27.7 Å². The van der Waals surface area contributed by atoms with Gasteiger partial charge in [0.2, 0.25) is 0 Å². The van der Waals surface area contributed by atoms with Crippen LogP contribution in [-0.4, -0.2) is 27.8 Å². The van der Waals surface area contributed by atoms with Crippen LogP contribution in [-0.2, 0) is 13.0 Å². The normalized spacial score (nSPS) is 40.5. The molecule has 152 valence electrons. The largest absolute Gasteiger partial charge is 0.508 e. The van der Waals surface area contributed by atoms with Crippen molar-refractivity contribution in [2.75, 3.05) is 0 Å². The molecule has 3 N–H and O–H groups in total. The molecule has 2 heterocycles. The molecule has 1 aromatic carbocycles. The predicted octanol–water partition coefficient (Wildman–Crippen LogP) is 3.54. The van der Waals surface area contributed by atoms with Gasteiger partial charge in [0, 0.05) is 29.5 Å². The van der Waals surface area contributed by atoms with Crippen LogP contribution in [0.1, 0.15) is 74.9 Å². The summed E-state index contributed by atoms with van der Waals surface area (Å²) in [7, 11) is 0. The van der Waals surface area contributed by atoms with E-state index in [0.717, 1.165) is 42.6 Å². The van der Waals surface area contributed by atoms with E-state index in [0.29, 0.717) is 30.4 Å². The number of carbonyl (C=O) groups excluding carboxylic acids is 1. The van der Waals surface area contributed by atoms with E-state index >= 15 is 0 Å². The number of hydrogen-bond donors (Lipinski definition) is 3. The molecule has 5 heteroatoms. The molecule has 2 unspecified atom stereocenters. The van der Waals surface area contributed by atoms with Gasteiger partial charge in [-0.05, 0) is 49.0 Å². The summed E-state index contributed by atoms with van der Waals surface area (Å²) in [4.78, 5) is 12.2. The van der Waals surface area contributed by atoms with Crippen molar-refractivity contribution in [3.8, 4) is 11.5 Å². The van der Waals surface area contributed by atoms with Gasteiger partial charge in [0.1, 0.15) is 17.1 Å². The summed E-state index contributed by atoms with van der Waals surface area (Å²) < 4.78 is 6.89. The number of aliphatic hydroxyl groups is 1. The third kappa shape index (κ3) is 1.99. The Labute approximate surface area is 166 Å². The highest BCUT2D eigenvalue weighted by Gasteiger charge is 2.67. The van der Waals surface area contributed by atoms with E-state index in [4.69, 9.17) is 4.74 Å². The lowest BCUT2D eigenvalue weighted by molar-refractivity contribution is -0.210. The van der Waals surface area contributed by atoms with Gasteiger partial charge in [0.05, 0.1) is 11.7 Å². The fraction of sp³-hybridized carbons (Fsp3) is 0.696. The van der Waals surface area contributed by atoms with Crippen molar-refractivity contribution < 1.29 is 19.7 Å². The lowest BCUT2D eigenvalue weighted by atomic mass is 9.43. The first-order valence-corrected chi connectivity index (χ1v) is 10.6. The second-order valence-corrected chi connectivity index (χ2v) is 10.4. The van der Waals surface area contributed by atoms with Gasteiger partial charge in [-0.3, -0.25) is 4.79 Å². The zero-order valence-corrected chi connectivity index (χ0v) is 17.3. The minimum atomic E-state index is -0.409. The lowest BCUT2D eigenvalue weighted by Crippen LogP contribution is -2.66. The Kier molecular flexibility index (Phi) is 3.55. The maximum atomic E-state index is 12.2. The number of rotatable bonds is 0. The second kappa shape index (κ2) is 5.44. The molecule has 0 aromatic heterocycles. The zero-order valence-electron chi connectivity index (χ0n) is 17.3. The predicted molar refractivity (Wildman–Crippen MR) is 105 cm³/mol. The van der Waals surface area contributed by atoms with Crippen LogP contribution in [0.2, 0.25) is 0 Å². The topological polar surface area (TPSA) is 78.8 Å². The quantitative estimate of drug-likeness (QED) is 0.638. The number of benzene rings is 1. The molecule has 0 saturated heterocycles. The van der Waals surface area contributed by atoms with Crippen LogP contribution < -0.4 is 10.1 Å². The molecule has 2 fully saturated rings. The summed E-state index contributed by atoms with van der Waals surface area (Å²) in [5.74, 6) is 1.46. The third-order valence-electron chi connectivity index (χ3n) is 8.97. The van der Waals surface area contributed by atoms with E-state index in [2.05, 4.69) is 33.0 Å². The van der Waals surface area contributed by atoms with Crippen LogP contribution in [0, 0.1) is 22.7 Å². The fourth-order valence-corrected chi connectivity index (χ4v) is 7.19. The van der Waals surface area contributed by atoms with Gasteiger partial charge < -0.3 is 20.3 Å². The van der Waals surface area contributed by atoms with E-state index in [9.17, 15) is 15.0 Å². The Morgan fingerprint density at radius 2 is 1.93 bits per heavy atom. The van der Waals surface area contributed by atoms with Crippen LogP contribution in [0.25, 0.3) is 0 Å². The highest BCUT2D eigenvalue weighted by atomic mass is 16.5. The number of hydrogen-bond acceptors (Lipinski definition) is 4. The number of nitrogens with one attached hydrogen (secondary N) is 1. The molecule has 1 spiro atoms. The minimum absolute atomic E-state index is 0.0955. The molecule has 0 radical (unpaired) electrons. The molecule has 2 aliphatic carbocycles. The Balaban J connectivity index is 1.65. The van der Waals surface area contributed by atoms with Gasteiger partial charge in [-0.25, -0.2) is 0 Å². The van der Waals surface area contributed by atoms with Crippen molar-refractivity contribution in [2.24, 2.45) is 22.7 Å². The van der Waals surface area contributed by atoms with Crippen LogP contribution >= 0.6 is 0 Å². The number of ether oxygens (including phenoxy) is 1. The highest BCUT2D eigenvalue weighted by Crippen LogP contribution is 2.67. The van der Waals surface area contributed by atoms with Gasteiger partial charge in [0.15, 0.2) is 0 Å². The van der Waals surface area contributed by atoms with E-state index < -0.39 is 5.60 Å². The summed E-state index contributed by atoms with van der Waals surface area (Å²) in [6, 6.07) is 1.61. The Morgan fingerprint density at radius 3 is 2.68 bits per heavy atom. The highest BCUT2D eigenvalue weighted by molar-refractivity contribution is 6.00. The molecular formula is C23H31NO4. The molecule has 5 rings (SSSR count). The summed E-state index contributed by atoms with van der Waals surface area (Å²) in [5.41, 5.74) is 1.61. The molecule has 28 heavy (non-hydrogen) atoms. The number of carbonyl (C=O) groups is 1. The number of phenols is 1. The van der Waals surface area contributed by atoms with E-state index in [-0.39, 0.29) is 28.6 Å². The summed E-state index contributed by atoms with van der Waals surface area (Å²) in [5, 5.41) is 24.3. The number of aromatic hydroxyl groups is 1. The molecule has 0 bridgehead atoms. The van der Waals surface area contributed by atoms with Crippen molar-refractivity contribution in [3.63, 3.8) is 0 Å². The third-order valence-corrected chi connectivity index (χ3v) is 8.97. The van der Waals surface area contributed by atoms with Crippen LogP contribution in [0.3, 0.4) is 0 Å². The number of fused-ring (bicyclic) bond motifs is 5. The average molecular weight is 386 g/mol. The monoisotopic (exact) mass is 385 g/mol. The molecule has 5 nitrogen and oxygen atoms in total. The minimum Gasteiger partial charge on any atom is -0.508 e. The van der Waals surface area contributed by atoms with Gasteiger partial charge in [-0.15, -0.1) is 0 Å². The molecular weight excluding hydrogens is 354 g/mol. The molecule has 2 aliphatic heterocycles. The van der Waals surface area contributed by atoms with Crippen molar-refractivity contribution in [1.29, 1.82) is 0 Å². The Morgan fingerprint density at radius 1 is 1.18 bits per heavy atom. The van der Waals surface area contributed by atoms with Crippen molar-refractivity contribution in [2.45, 2.75) is 78.0 Å².